The van der Waals surface area contributed by atoms with Crippen molar-refractivity contribution in [3.05, 3.63) is 46.1 Å². The number of aromatic amines is 2. The summed E-state index contributed by atoms with van der Waals surface area (Å²) in [5, 5.41) is 11.3. The summed E-state index contributed by atoms with van der Waals surface area (Å²) < 4.78 is 2.47. The maximum atomic E-state index is 4.62. The van der Waals surface area contributed by atoms with E-state index in [-0.39, 0.29) is 0 Å². The van der Waals surface area contributed by atoms with E-state index in [1.165, 1.54) is 27.8 Å². The van der Waals surface area contributed by atoms with Crippen LogP contribution in [0.3, 0.4) is 0 Å². The van der Waals surface area contributed by atoms with Gasteiger partial charge in [0.15, 0.2) is 0 Å². The van der Waals surface area contributed by atoms with Crippen LogP contribution in [0.1, 0.15) is 60.7 Å². The highest BCUT2D eigenvalue weighted by atomic mass is 32.1. The van der Waals surface area contributed by atoms with Gasteiger partial charge in [0, 0.05) is 16.3 Å². The van der Waals surface area contributed by atoms with Gasteiger partial charge in [0.2, 0.25) is 0 Å². The molecule has 4 N–H and O–H groups in total. The third-order valence-corrected chi connectivity index (χ3v) is 8.16. The molecule has 0 radical (unpaired) electrons. The van der Waals surface area contributed by atoms with Gasteiger partial charge in [0.25, 0.3) is 0 Å². The predicted octanol–water partition coefficient (Wildman–Crippen LogP) is 4.33. The molecule has 4 aromatic heterocycles. The van der Waals surface area contributed by atoms with E-state index in [1.54, 1.807) is 28.9 Å². The number of aromatic nitrogens is 4. The number of imidazole rings is 2. The maximum Gasteiger partial charge on any atom is 0.124 e. The van der Waals surface area contributed by atoms with Crippen LogP contribution >= 0.6 is 22.7 Å². The van der Waals surface area contributed by atoms with Gasteiger partial charge in [0.05, 0.1) is 45.1 Å². The number of fused-ring (bicyclic) bond motifs is 1. The number of hydrogen-bond donors (Lipinski definition) is 4. The topological polar surface area (TPSA) is 81.4 Å². The summed E-state index contributed by atoms with van der Waals surface area (Å²) in [6.07, 6.45) is 8.40. The molecule has 160 valence electrons. The molecular formula is C24H22N6S2. The van der Waals surface area contributed by atoms with Crippen molar-refractivity contribution in [3.63, 3.8) is 0 Å². The summed E-state index contributed by atoms with van der Waals surface area (Å²) in [4.78, 5) is 15.9. The lowest BCUT2D eigenvalue weighted by Crippen LogP contribution is -2.14. The Kier molecular flexibility index (Phi) is 5.30. The van der Waals surface area contributed by atoms with Crippen molar-refractivity contribution < 1.29 is 0 Å². The molecule has 2 fully saturated rings. The fraction of sp³-hybridized carbons (Fsp3) is 0.333. The van der Waals surface area contributed by atoms with Gasteiger partial charge in [-0.2, -0.15) is 0 Å². The lowest BCUT2D eigenvalue weighted by Gasteiger charge is -2.05. The molecule has 4 aromatic rings. The van der Waals surface area contributed by atoms with Crippen molar-refractivity contribution in [2.45, 2.75) is 37.8 Å². The number of nitrogens with zero attached hydrogens (tertiary/aromatic N) is 2. The van der Waals surface area contributed by atoms with Gasteiger partial charge in [-0.3, -0.25) is 0 Å². The highest BCUT2D eigenvalue weighted by molar-refractivity contribution is 7.27. The van der Waals surface area contributed by atoms with E-state index in [2.05, 4.69) is 65.0 Å². The SMILES string of the molecule is C(C#Cc1csc2c(-c3cnc(C4CCCN4)[nH]3)csc12)#Cc1cnc(C2CCCN2)[nH]1. The van der Waals surface area contributed by atoms with E-state index in [1.807, 2.05) is 6.20 Å². The third kappa shape index (κ3) is 3.76. The molecule has 2 unspecified atom stereocenters. The highest BCUT2D eigenvalue weighted by Crippen LogP contribution is 2.39. The van der Waals surface area contributed by atoms with Crippen LogP contribution in [0.5, 0.6) is 0 Å². The van der Waals surface area contributed by atoms with Gasteiger partial charge in [-0.1, -0.05) is 5.92 Å². The monoisotopic (exact) mass is 458 g/mol. The Morgan fingerprint density at radius 1 is 0.812 bits per heavy atom. The van der Waals surface area contributed by atoms with E-state index in [0.29, 0.717) is 12.1 Å². The summed E-state index contributed by atoms with van der Waals surface area (Å²) in [6.45, 7) is 2.12. The minimum Gasteiger partial charge on any atom is -0.341 e. The van der Waals surface area contributed by atoms with Crippen molar-refractivity contribution in [3.8, 4) is 34.9 Å². The second kappa shape index (κ2) is 8.57. The number of hydrogen-bond acceptors (Lipinski definition) is 6. The number of thiophene rings is 2. The minimum atomic E-state index is 0.323. The van der Waals surface area contributed by atoms with Gasteiger partial charge in [0.1, 0.15) is 17.3 Å². The Bertz CT molecular complexity index is 1370. The summed E-state index contributed by atoms with van der Waals surface area (Å²) >= 11 is 3.46. The molecule has 2 aliphatic rings. The Morgan fingerprint density at radius 3 is 2.31 bits per heavy atom. The van der Waals surface area contributed by atoms with Crippen LogP contribution in [0, 0.1) is 23.7 Å². The highest BCUT2D eigenvalue weighted by Gasteiger charge is 2.21. The summed E-state index contributed by atoms with van der Waals surface area (Å²) in [5.41, 5.74) is 4.13. The van der Waals surface area contributed by atoms with Crippen molar-refractivity contribution in [2.24, 2.45) is 0 Å². The quantitative estimate of drug-likeness (QED) is 0.345. The van der Waals surface area contributed by atoms with Gasteiger partial charge in [-0.05, 0) is 56.5 Å². The zero-order valence-electron chi connectivity index (χ0n) is 17.4. The lowest BCUT2D eigenvalue weighted by atomic mass is 10.2. The molecular weight excluding hydrogens is 436 g/mol. The van der Waals surface area contributed by atoms with E-state index < -0.39 is 0 Å². The van der Waals surface area contributed by atoms with Gasteiger partial charge in [-0.25, -0.2) is 9.97 Å². The summed E-state index contributed by atoms with van der Waals surface area (Å²) in [6, 6.07) is 0.672. The van der Waals surface area contributed by atoms with Crippen molar-refractivity contribution in [2.75, 3.05) is 13.1 Å². The second-order valence-electron chi connectivity index (χ2n) is 8.12. The van der Waals surface area contributed by atoms with E-state index in [4.69, 9.17) is 0 Å². The smallest absolute Gasteiger partial charge is 0.124 e. The number of nitrogens with one attached hydrogen (secondary N) is 4. The van der Waals surface area contributed by atoms with Crippen molar-refractivity contribution >= 4 is 32.1 Å². The molecule has 6 rings (SSSR count). The molecule has 2 saturated heterocycles. The first-order chi connectivity index (χ1) is 15.8. The summed E-state index contributed by atoms with van der Waals surface area (Å²) in [7, 11) is 0. The molecule has 6 heterocycles. The molecule has 6 nitrogen and oxygen atoms in total. The molecule has 0 saturated carbocycles. The maximum absolute atomic E-state index is 4.62. The first-order valence-electron chi connectivity index (χ1n) is 10.9. The number of H-pyrrole nitrogens is 2. The van der Waals surface area contributed by atoms with Gasteiger partial charge < -0.3 is 20.6 Å². The van der Waals surface area contributed by atoms with Crippen LogP contribution in [0.4, 0.5) is 0 Å². The van der Waals surface area contributed by atoms with E-state index in [9.17, 15) is 0 Å². The average molecular weight is 459 g/mol. The molecule has 0 amide bonds. The largest absolute Gasteiger partial charge is 0.341 e. The lowest BCUT2D eigenvalue weighted by molar-refractivity contribution is 0.612. The van der Waals surface area contributed by atoms with Gasteiger partial charge >= 0.3 is 0 Å². The first-order valence-corrected chi connectivity index (χ1v) is 12.7. The normalized spacial score (nSPS) is 20.2. The van der Waals surface area contributed by atoms with Crippen LogP contribution < -0.4 is 10.6 Å². The molecule has 0 aliphatic carbocycles. The zero-order valence-corrected chi connectivity index (χ0v) is 19.1. The van der Waals surface area contributed by atoms with Crippen molar-refractivity contribution in [1.82, 2.24) is 30.6 Å². The average Bonchev–Trinajstić information content (AvgIpc) is 3.64. The fourth-order valence-electron chi connectivity index (χ4n) is 4.35. The Morgan fingerprint density at radius 2 is 1.53 bits per heavy atom. The number of rotatable bonds is 3. The molecule has 2 aliphatic heterocycles. The predicted molar refractivity (Wildman–Crippen MR) is 130 cm³/mol. The van der Waals surface area contributed by atoms with E-state index >= 15 is 0 Å². The van der Waals surface area contributed by atoms with Crippen LogP contribution in [0.25, 0.3) is 20.7 Å². The second-order valence-corrected chi connectivity index (χ2v) is 9.88. The molecule has 0 spiro atoms. The zero-order chi connectivity index (χ0) is 21.3. The first kappa shape index (κ1) is 19.8. The Hall–Kier alpha value is -2.88. The van der Waals surface area contributed by atoms with Crippen LogP contribution in [0.2, 0.25) is 0 Å². The Labute approximate surface area is 194 Å². The standard InChI is InChI=1S/C24H22N6S2/c1(2-6-16-11-27-23(29-16)18-7-3-9-25-18)5-15-13-31-22-17(14-32-21(15)22)20-12-28-24(30-20)19-8-4-10-26-19/h11-14,18-19,25-26H,3-4,7-10H2,(H,27,29)(H,28,30). The minimum absolute atomic E-state index is 0.323. The third-order valence-electron chi connectivity index (χ3n) is 6.00. The molecule has 8 heteroatoms. The van der Waals surface area contributed by atoms with Gasteiger partial charge in [-0.15, -0.1) is 22.7 Å². The molecule has 0 aromatic carbocycles. The fourth-order valence-corrected chi connectivity index (χ4v) is 6.65. The molecule has 0 bridgehead atoms. The van der Waals surface area contributed by atoms with Crippen LogP contribution in [0.15, 0.2) is 23.2 Å². The van der Waals surface area contributed by atoms with E-state index in [0.717, 1.165) is 54.5 Å². The summed E-state index contributed by atoms with van der Waals surface area (Å²) in [5.74, 6) is 14.3. The van der Waals surface area contributed by atoms with Crippen LogP contribution in [-0.2, 0) is 0 Å². The molecule has 2 atom stereocenters. The molecule has 32 heavy (non-hydrogen) atoms. The Balaban J connectivity index is 1.20. The van der Waals surface area contributed by atoms with Crippen LogP contribution in [-0.4, -0.2) is 33.0 Å². The van der Waals surface area contributed by atoms with Crippen molar-refractivity contribution in [1.29, 1.82) is 0 Å².